The van der Waals surface area contributed by atoms with E-state index in [1.165, 1.54) is 0 Å². The third kappa shape index (κ3) is 4.42. The van der Waals surface area contributed by atoms with Gasteiger partial charge in [-0.3, -0.25) is 0 Å². The molecule has 0 bridgehead atoms. The van der Waals surface area contributed by atoms with Crippen LogP contribution in [0.1, 0.15) is 25.0 Å². The van der Waals surface area contributed by atoms with Gasteiger partial charge < -0.3 is 15.2 Å². The summed E-state index contributed by atoms with van der Waals surface area (Å²) in [7, 11) is 0. The summed E-state index contributed by atoms with van der Waals surface area (Å²) in [6, 6.07) is 13.7. The average molecular weight is 285 g/mol. The van der Waals surface area contributed by atoms with E-state index in [0.29, 0.717) is 24.8 Å². The molecule has 3 nitrogen and oxygen atoms in total. The molecular formula is C18H23NO2. The molecule has 3 heteroatoms. The van der Waals surface area contributed by atoms with Crippen molar-refractivity contribution in [2.45, 2.75) is 27.3 Å². The largest absolute Gasteiger partial charge is 0.507 e. The number of benzene rings is 2. The Balaban J connectivity index is 2.00. The molecule has 0 aliphatic rings. The van der Waals surface area contributed by atoms with Crippen LogP contribution in [0.15, 0.2) is 42.5 Å². The van der Waals surface area contributed by atoms with Gasteiger partial charge in [-0.1, -0.05) is 38.1 Å². The molecule has 2 rings (SSSR count). The molecule has 0 aliphatic heterocycles. The van der Waals surface area contributed by atoms with E-state index in [9.17, 15) is 5.11 Å². The third-order valence-corrected chi connectivity index (χ3v) is 3.22. The fourth-order valence-electron chi connectivity index (χ4n) is 2.02. The first-order valence-electron chi connectivity index (χ1n) is 7.30. The summed E-state index contributed by atoms with van der Waals surface area (Å²) < 4.78 is 5.71. The molecule has 0 atom stereocenters. The Bertz CT molecular complexity index is 594. The first-order valence-corrected chi connectivity index (χ1v) is 7.30. The van der Waals surface area contributed by atoms with Crippen LogP contribution in [0, 0.1) is 12.8 Å². The second kappa shape index (κ2) is 7.02. The fourth-order valence-corrected chi connectivity index (χ4v) is 2.02. The Labute approximate surface area is 126 Å². The van der Waals surface area contributed by atoms with E-state index in [0.717, 1.165) is 22.6 Å². The number of anilines is 1. The molecule has 0 heterocycles. The zero-order valence-corrected chi connectivity index (χ0v) is 12.9. The maximum absolute atomic E-state index is 10.0. The van der Waals surface area contributed by atoms with Gasteiger partial charge in [-0.05, 0) is 30.5 Å². The van der Waals surface area contributed by atoms with E-state index in [1.54, 1.807) is 0 Å². The van der Waals surface area contributed by atoms with Crippen molar-refractivity contribution < 1.29 is 9.84 Å². The Morgan fingerprint density at radius 3 is 2.67 bits per heavy atom. The van der Waals surface area contributed by atoms with Gasteiger partial charge in [-0.2, -0.15) is 0 Å². The van der Waals surface area contributed by atoms with Crippen LogP contribution in [0.2, 0.25) is 0 Å². The van der Waals surface area contributed by atoms with E-state index >= 15 is 0 Å². The van der Waals surface area contributed by atoms with Crippen molar-refractivity contribution in [3.63, 3.8) is 0 Å². The highest BCUT2D eigenvalue weighted by Gasteiger charge is 2.04. The normalized spacial score (nSPS) is 10.7. The molecule has 0 amide bonds. The van der Waals surface area contributed by atoms with Crippen LogP contribution >= 0.6 is 0 Å². The molecule has 0 radical (unpaired) electrons. The van der Waals surface area contributed by atoms with Gasteiger partial charge in [-0.15, -0.1) is 0 Å². The third-order valence-electron chi connectivity index (χ3n) is 3.22. The molecule has 2 N–H and O–H groups in total. The number of aromatic hydroxyl groups is 1. The van der Waals surface area contributed by atoms with Crippen molar-refractivity contribution in [2.24, 2.45) is 5.92 Å². The maximum Gasteiger partial charge on any atom is 0.123 e. The minimum absolute atomic E-state index is 0.359. The summed E-state index contributed by atoms with van der Waals surface area (Å²) in [5.74, 6) is 1.73. The summed E-state index contributed by atoms with van der Waals surface area (Å²) in [5.41, 5.74) is 2.77. The number of phenolic OH excluding ortho intramolecular Hbond substituents is 1. The molecule has 2 aromatic rings. The van der Waals surface area contributed by atoms with Crippen molar-refractivity contribution in [3.8, 4) is 11.5 Å². The van der Waals surface area contributed by atoms with Crippen LogP contribution in [-0.4, -0.2) is 11.7 Å². The lowest BCUT2D eigenvalue weighted by molar-refractivity contribution is 0.271. The second-order valence-electron chi connectivity index (χ2n) is 5.67. The quantitative estimate of drug-likeness (QED) is 0.829. The van der Waals surface area contributed by atoms with E-state index < -0.39 is 0 Å². The van der Waals surface area contributed by atoms with Crippen molar-refractivity contribution in [1.29, 1.82) is 0 Å². The summed E-state index contributed by atoms with van der Waals surface area (Å²) in [4.78, 5) is 0. The van der Waals surface area contributed by atoms with Crippen molar-refractivity contribution in [2.75, 3.05) is 11.9 Å². The van der Waals surface area contributed by atoms with E-state index in [4.69, 9.17) is 4.74 Å². The van der Waals surface area contributed by atoms with Gasteiger partial charge >= 0.3 is 0 Å². The minimum Gasteiger partial charge on any atom is -0.507 e. The van der Waals surface area contributed by atoms with Crippen LogP contribution in [0.25, 0.3) is 0 Å². The summed E-state index contributed by atoms with van der Waals surface area (Å²) in [5, 5.41) is 13.3. The number of hydrogen-bond acceptors (Lipinski definition) is 3. The van der Waals surface area contributed by atoms with E-state index in [-0.39, 0.29) is 0 Å². The standard InChI is InChI=1S/C18H23NO2/c1-13(2)12-21-17-9-5-8-16(10-17)19-11-15-7-4-6-14(3)18(15)20/h4-10,13,19-20H,11-12H2,1-3H3. The van der Waals surface area contributed by atoms with Crippen LogP contribution in [0.4, 0.5) is 5.69 Å². The number of ether oxygens (including phenoxy) is 1. The molecule has 0 fully saturated rings. The lowest BCUT2D eigenvalue weighted by Crippen LogP contribution is -2.05. The molecule has 0 saturated carbocycles. The van der Waals surface area contributed by atoms with Crippen molar-refractivity contribution in [3.05, 3.63) is 53.6 Å². The molecule has 0 spiro atoms. The molecule has 0 aromatic heterocycles. The second-order valence-corrected chi connectivity index (χ2v) is 5.67. The Morgan fingerprint density at radius 1 is 1.14 bits per heavy atom. The van der Waals surface area contributed by atoms with E-state index in [2.05, 4.69) is 19.2 Å². The van der Waals surface area contributed by atoms with Crippen molar-refractivity contribution in [1.82, 2.24) is 0 Å². The highest BCUT2D eigenvalue weighted by Crippen LogP contribution is 2.23. The summed E-state index contributed by atoms with van der Waals surface area (Å²) in [6.07, 6.45) is 0. The number of para-hydroxylation sites is 1. The maximum atomic E-state index is 10.0. The van der Waals surface area contributed by atoms with Gasteiger partial charge in [0, 0.05) is 23.9 Å². The van der Waals surface area contributed by atoms with Crippen LogP contribution < -0.4 is 10.1 Å². The lowest BCUT2D eigenvalue weighted by Gasteiger charge is -2.12. The van der Waals surface area contributed by atoms with Gasteiger partial charge in [0.2, 0.25) is 0 Å². The van der Waals surface area contributed by atoms with Crippen molar-refractivity contribution >= 4 is 5.69 Å². The molecular weight excluding hydrogens is 262 g/mol. The zero-order valence-electron chi connectivity index (χ0n) is 12.9. The van der Waals surface area contributed by atoms with Crippen LogP contribution in [-0.2, 0) is 6.54 Å². The number of hydrogen-bond donors (Lipinski definition) is 2. The van der Waals surface area contributed by atoms with E-state index in [1.807, 2.05) is 49.4 Å². The topological polar surface area (TPSA) is 41.5 Å². The zero-order chi connectivity index (χ0) is 15.2. The fraction of sp³-hybridized carbons (Fsp3) is 0.333. The molecule has 0 aliphatic carbocycles. The van der Waals surface area contributed by atoms with Gasteiger partial charge in [0.25, 0.3) is 0 Å². The Kier molecular flexibility index (Phi) is 5.09. The summed E-state index contributed by atoms with van der Waals surface area (Å²) >= 11 is 0. The van der Waals surface area contributed by atoms with Crippen LogP contribution in [0.5, 0.6) is 11.5 Å². The van der Waals surface area contributed by atoms with Gasteiger partial charge in [0.05, 0.1) is 6.61 Å². The smallest absolute Gasteiger partial charge is 0.123 e. The monoisotopic (exact) mass is 285 g/mol. The predicted octanol–water partition coefficient (Wildman–Crippen LogP) is 4.35. The van der Waals surface area contributed by atoms with Gasteiger partial charge in [0.1, 0.15) is 11.5 Å². The Hall–Kier alpha value is -2.16. The highest BCUT2D eigenvalue weighted by atomic mass is 16.5. The lowest BCUT2D eigenvalue weighted by atomic mass is 10.1. The molecule has 112 valence electrons. The summed E-state index contributed by atoms with van der Waals surface area (Å²) in [6.45, 7) is 7.45. The van der Waals surface area contributed by atoms with Gasteiger partial charge in [-0.25, -0.2) is 0 Å². The first kappa shape index (κ1) is 15.2. The number of aryl methyl sites for hydroxylation is 1. The molecule has 2 aromatic carbocycles. The predicted molar refractivity (Wildman–Crippen MR) is 86.9 cm³/mol. The SMILES string of the molecule is Cc1cccc(CNc2cccc(OCC(C)C)c2)c1O. The number of nitrogens with one attached hydrogen (secondary N) is 1. The number of rotatable bonds is 6. The molecule has 0 unspecified atom stereocenters. The molecule has 0 saturated heterocycles. The average Bonchev–Trinajstić information content (AvgIpc) is 2.47. The van der Waals surface area contributed by atoms with Crippen LogP contribution in [0.3, 0.4) is 0 Å². The first-order chi connectivity index (χ1) is 10.1. The highest BCUT2D eigenvalue weighted by molar-refractivity contribution is 5.50. The molecule has 21 heavy (non-hydrogen) atoms. The van der Waals surface area contributed by atoms with Gasteiger partial charge in [0.15, 0.2) is 0 Å². The minimum atomic E-state index is 0.359. The Morgan fingerprint density at radius 2 is 1.90 bits per heavy atom. The number of phenols is 1.